The number of ether oxygens (including phenoxy) is 1. The molecule has 2 atom stereocenters. The zero-order valence-electron chi connectivity index (χ0n) is 17.8. The Labute approximate surface area is 191 Å². The molecule has 2 unspecified atom stereocenters. The number of benzene rings is 1. The molecule has 0 saturated carbocycles. The first kappa shape index (κ1) is 22.6. The molecule has 0 radical (unpaired) electrons. The number of nitrogens with zero attached hydrogens (tertiary/aromatic N) is 4. The molecule has 10 heteroatoms. The molecule has 0 amide bonds. The number of hydrogen-bond donors (Lipinski definition) is 4. The van der Waals surface area contributed by atoms with E-state index >= 15 is 0 Å². The van der Waals surface area contributed by atoms with Gasteiger partial charge in [-0.05, 0) is 37.5 Å². The Morgan fingerprint density at radius 1 is 1.28 bits per heavy atom. The van der Waals surface area contributed by atoms with Crippen LogP contribution in [0.5, 0.6) is 0 Å². The van der Waals surface area contributed by atoms with Crippen LogP contribution in [0.25, 0.3) is 5.82 Å². The lowest BCUT2D eigenvalue weighted by Gasteiger charge is -2.23. The Hall–Kier alpha value is -2.56. The van der Waals surface area contributed by atoms with Crippen molar-refractivity contribution in [2.75, 3.05) is 25.1 Å². The molecule has 1 aliphatic rings. The van der Waals surface area contributed by atoms with Crippen LogP contribution in [0.15, 0.2) is 43.0 Å². The van der Waals surface area contributed by atoms with Gasteiger partial charge in [-0.25, -0.2) is 9.97 Å². The molecule has 0 spiro atoms. The summed E-state index contributed by atoms with van der Waals surface area (Å²) >= 11 is 6.05. The maximum absolute atomic E-state index is 10.7. The molecule has 9 nitrogen and oxygen atoms in total. The molecule has 32 heavy (non-hydrogen) atoms. The topological polar surface area (TPSA) is 117 Å². The van der Waals surface area contributed by atoms with Crippen molar-refractivity contribution in [1.29, 1.82) is 0 Å². The molecule has 1 aliphatic heterocycles. The van der Waals surface area contributed by atoms with E-state index in [1.54, 1.807) is 41.5 Å². The lowest BCUT2D eigenvalue weighted by molar-refractivity contribution is 0.0903. The Kier molecular flexibility index (Phi) is 7.33. The summed E-state index contributed by atoms with van der Waals surface area (Å²) in [4.78, 5) is 13.4. The van der Waals surface area contributed by atoms with E-state index in [4.69, 9.17) is 16.3 Å². The fourth-order valence-electron chi connectivity index (χ4n) is 3.64. The Balaban J connectivity index is 1.48. The summed E-state index contributed by atoms with van der Waals surface area (Å²) in [5.41, 5.74) is 2.05. The molecule has 0 bridgehead atoms. The zero-order chi connectivity index (χ0) is 22.5. The molecule has 4 N–H and O–H groups in total. The maximum atomic E-state index is 10.7. The molecule has 1 aromatic carbocycles. The van der Waals surface area contributed by atoms with Crippen LogP contribution in [0.3, 0.4) is 0 Å². The molecule has 2 aromatic heterocycles. The lowest BCUT2D eigenvalue weighted by atomic mass is 10.1. The number of anilines is 1. The van der Waals surface area contributed by atoms with Crippen LogP contribution in [-0.4, -0.2) is 55.6 Å². The minimum Gasteiger partial charge on any atom is -0.394 e. The van der Waals surface area contributed by atoms with Gasteiger partial charge in [0, 0.05) is 42.2 Å². The van der Waals surface area contributed by atoms with Crippen molar-refractivity contribution in [3.8, 4) is 5.82 Å². The molecule has 3 aromatic rings. The number of aliphatic hydroxyl groups is 2. The van der Waals surface area contributed by atoms with Crippen molar-refractivity contribution >= 4 is 17.5 Å². The van der Waals surface area contributed by atoms with Gasteiger partial charge in [-0.3, -0.25) is 9.88 Å². The monoisotopic (exact) mass is 458 g/mol. The summed E-state index contributed by atoms with van der Waals surface area (Å²) in [6.07, 6.45) is 5.81. The van der Waals surface area contributed by atoms with Gasteiger partial charge in [-0.15, -0.1) is 0 Å². The van der Waals surface area contributed by atoms with Crippen LogP contribution in [-0.2, 0) is 4.74 Å². The fourth-order valence-corrected chi connectivity index (χ4v) is 3.84. The van der Waals surface area contributed by atoms with Crippen molar-refractivity contribution in [3.05, 3.63) is 64.8 Å². The van der Waals surface area contributed by atoms with Crippen LogP contribution < -0.4 is 10.6 Å². The third-order valence-electron chi connectivity index (χ3n) is 5.42. The number of nitrogens with one attached hydrogen (secondary N) is 2. The van der Waals surface area contributed by atoms with Crippen LogP contribution in [0.4, 0.5) is 5.95 Å². The van der Waals surface area contributed by atoms with Gasteiger partial charge in [0.25, 0.3) is 0 Å². The van der Waals surface area contributed by atoms with Crippen LogP contribution in [0.2, 0.25) is 5.02 Å². The molecule has 1 fully saturated rings. The molecule has 0 aliphatic carbocycles. The molecule has 1 saturated heterocycles. The largest absolute Gasteiger partial charge is 0.394 e. The Morgan fingerprint density at radius 3 is 2.84 bits per heavy atom. The molecular formula is C22H27ClN6O3. The molecule has 170 valence electrons. The SMILES string of the molecule is Cc1cnc(NC2CCOCC2)nc1-n1cnc(C(O)NC(CO)c2cccc(Cl)c2)c1. The predicted molar refractivity (Wildman–Crippen MR) is 121 cm³/mol. The average molecular weight is 459 g/mol. The highest BCUT2D eigenvalue weighted by atomic mass is 35.5. The second-order valence-corrected chi connectivity index (χ2v) is 8.23. The number of aryl methyl sites for hydroxylation is 1. The third kappa shape index (κ3) is 5.43. The summed E-state index contributed by atoms with van der Waals surface area (Å²) in [7, 11) is 0. The van der Waals surface area contributed by atoms with Gasteiger partial charge >= 0.3 is 0 Å². The van der Waals surface area contributed by atoms with E-state index in [2.05, 4.69) is 25.6 Å². The van der Waals surface area contributed by atoms with E-state index < -0.39 is 12.3 Å². The quantitative estimate of drug-likeness (QED) is 0.380. The second-order valence-electron chi connectivity index (χ2n) is 7.80. The van der Waals surface area contributed by atoms with Gasteiger partial charge < -0.3 is 20.3 Å². The summed E-state index contributed by atoms with van der Waals surface area (Å²) < 4.78 is 7.15. The van der Waals surface area contributed by atoms with E-state index in [-0.39, 0.29) is 12.6 Å². The van der Waals surface area contributed by atoms with Crippen LogP contribution >= 0.6 is 11.6 Å². The van der Waals surface area contributed by atoms with E-state index in [0.29, 0.717) is 22.5 Å². The number of aliphatic hydroxyl groups excluding tert-OH is 2. The van der Waals surface area contributed by atoms with Gasteiger partial charge in [-0.2, -0.15) is 4.98 Å². The summed E-state index contributed by atoms with van der Waals surface area (Å²) in [5.74, 6) is 1.22. The van der Waals surface area contributed by atoms with E-state index in [1.807, 2.05) is 13.0 Å². The lowest BCUT2D eigenvalue weighted by Crippen LogP contribution is -2.29. The van der Waals surface area contributed by atoms with Crippen molar-refractivity contribution in [2.24, 2.45) is 0 Å². The van der Waals surface area contributed by atoms with Crippen molar-refractivity contribution in [2.45, 2.75) is 38.1 Å². The first-order valence-electron chi connectivity index (χ1n) is 10.6. The minimum absolute atomic E-state index is 0.204. The van der Waals surface area contributed by atoms with Crippen molar-refractivity contribution in [3.63, 3.8) is 0 Å². The summed E-state index contributed by atoms with van der Waals surface area (Å²) in [6.45, 7) is 3.18. The smallest absolute Gasteiger partial charge is 0.224 e. The second kappa shape index (κ2) is 10.4. The minimum atomic E-state index is -1.09. The fraction of sp³-hybridized carbons (Fsp3) is 0.409. The number of halogens is 1. The van der Waals surface area contributed by atoms with E-state index in [0.717, 1.165) is 37.2 Å². The van der Waals surface area contributed by atoms with Crippen molar-refractivity contribution < 1.29 is 14.9 Å². The van der Waals surface area contributed by atoms with E-state index in [9.17, 15) is 10.2 Å². The van der Waals surface area contributed by atoms with Gasteiger partial charge in [0.05, 0.1) is 12.6 Å². The average Bonchev–Trinajstić information content (AvgIpc) is 3.29. The molecular weight excluding hydrogens is 432 g/mol. The summed E-state index contributed by atoms with van der Waals surface area (Å²) in [6, 6.07) is 6.93. The predicted octanol–water partition coefficient (Wildman–Crippen LogP) is 2.53. The maximum Gasteiger partial charge on any atom is 0.224 e. The molecule has 4 rings (SSSR count). The number of rotatable bonds is 8. The van der Waals surface area contributed by atoms with Crippen LogP contribution in [0, 0.1) is 6.92 Å². The number of hydrogen-bond acceptors (Lipinski definition) is 8. The van der Waals surface area contributed by atoms with Crippen LogP contribution in [0.1, 0.15) is 41.9 Å². The zero-order valence-corrected chi connectivity index (χ0v) is 18.5. The summed E-state index contributed by atoms with van der Waals surface area (Å²) in [5, 5.41) is 27.4. The van der Waals surface area contributed by atoms with E-state index in [1.165, 1.54) is 0 Å². The Bertz CT molecular complexity index is 1040. The Morgan fingerprint density at radius 2 is 2.09 bits per heavy atom. The third-order valence-corrected chi connectivity index (χ3v) is 5.65. The highest BCUT2D eigenvalue weighted by Gasteiger charge is 2.20. The highest BCUT2D eigenvalue weighted by Crippen LogP contribution is 2.22. The first-order chi connectivity index (χ1) is 15.5. The normalized spacial score (nSPS) is 16.6. The standard InChI is InChI=1S/C22H27ClN6O3/c1-14-10-24-22(26-17-5-7-32-8-6-17)28-20(14)29-11-18(25-13-29)21(31)27-19(12-30)15-3-2-4-16(23)9-15/h2-4,9-11,13,17,19,21,27,30-31H,5-8,12H2,1H3,(H,24,26,28). The highest BCUT2D eigenvalue weighted by molar-refractivity contribution is 6.30. The van der Waals surface area contributed by atoms with Crippen molar-refractivity contribution in [1.82, 2.24) is 24.8 Å². The number of imidazole rings is 1. The molecule has 3 heterocycles. The van der Waals surface area contributed by atoms with Gasteiger partial charge in [0.1, 0.15) is 24.1 Å². The first-order valence-corrected chi connectivity index (χ1v) is 10.9. The van der Waals surface area contributed by atoms with Gasteiger partial charge in [0.2, 0.25) is 5.95 Å². The number of aromatic nitrogens is 4. The van der Waals surface area contributed by atoms with Gasteiger partial charge in [0.15, 0.2) is 0 Å². The van der Waals surface area contributed by atoms with Gasteiger partial charge in [-0.1, -0.05) is 23.7 Å².